The van der Waals surface area contributed by atoms with Gasteiger partial charge in [0.05, 0.1) is 20.1 Å². The second kappa shape index (κ2) is 8.97. The number of nitrogens with one attached hydrogen (secondary N) is 1. The lowest BCUT2D eigenvalue weighted by molar-refractivity contribution is -0.126. The molecule has 7 heteroatoms. The standard InChI is InChI=1S/C21H23ClN2O4/c1-27-18-8-3-14(11-19(18)28-2)9-10-23-21(26)15-12-20(25)24(13-15)17-6-4-16(22)5-7-17/h3-8,11,15H,9-10,12-13H2,1-2H3,(H,23,26)/t15-/m0/s1. The Hall–Kier alpha value is -2.73. The van der Waals surface area contributed by atoms with Crippen LogP contribution in [0, 0.1) is 5.92 Å². The van der Waals surface area contributed by atoms with Crippen LogP contribution in [0.25, 0.3) is 0 Å². The zero-order valence-corrected chi connectivity index (χ0v) is 16.7. The van der Waals surface area contributed by atoms with E-state index < -0.39 is 0 Å². The van der Waals surface area contributed by atoms with E-state index in [0.717, 1.165) is 11.3 Å². The largest absolute Gasteiger partial charge is 0.493 e. The summed E-state index contributed by atoms with van der Waals surface area (Å²) in [7, 11) is 3.18. The number of benzene rings is 2. The number of hydrogen-bond donors (Lipinski definition) is 1. The normalized spacial score (nSPS) is 16.2. The Morgan fingerprint density at radius 2 is 1.86 bits per heavy atom. The first kappa shape index (κ1) is 20.0. The minimum atomic E-state index is -0.353. The summed E-state index contributed by atoms with van der Waals surface area (Å²) < 4.78 is 10.5. The molecule has 0 unspecified atom stereocenters. The Morgan fingerprint density at radius 1 is 1.14 bits per heavy atom. The van der Waals surface area contributed by atoms with Gasteiger partial charge in [0, 0.05) is 30.2 Å². The predicted octanol–water partition coefficient (Wildman–Crippen LogP) is 3.07. The zero-order chi connectivity index (χ0) is 20.1. The van der Waals surface area contributed by atoms with Gasteiger partial charge < -0.3 is 19.7 Å². The van der Waals surface area contributed by atoms with Gasteiger partial charge in [0.15, 0.2) is 11.5 Å². The van der Waals surface area contributed by atoms with Crippen LogP contribution < -0.4 is 19.7 Å². The van der Waals surface area contributed by atoms with Gasteiger partial charge in [-0.05, 0) is 48.4 Å². The van der Waals surface area contributed by atoms with Gasteiger partial charge in [-0.3, -0.25) is 9.59 Å². The van der Waals surface area contributed by atoms with E-state index >= 15 is 0 Å². The molecule has 0 saturated carbocycles. The summed E-state index contributed by atoms with van der Waals surface area (Å²) in [5, 5.41) is 3.54. The van der Waals surface area contributed by atoms with Gasteiger partial charge in [0.25, 0.3) is 0 Å². The molecule has 148 valence electrons. The van der Waals surface area contributed by atoms with Crippen LogP contribution >= 0.6 is 11.6 Å². The van der Waals surface area contributed by atoms with Crippen molar-refractivity contribution in [2.24, 2.45) is 5.92 Å². The number of anilines is 1. The second-order valence-corrected chi connectivity index (χ2v) is 7.05. The SMILES string of the molecule is COc1ccc(CCNC(=O)[C@H]2CC(=O)N(c3ccc(Cl)cc3)C2)cc1OC. The summed E-state index contributed by atoms with van der Waals surface area (Å²) in [5.41, 5.74) is 1.79. The predicted molar refractivity (Wildman–Crippen MR) is 108 cm³/mol. The molecule has 1 atom stereocenters. The minimum Gasteiger partial charge on any atom is -0.493 e. The highest BCUT2D eigenvalue weighted by Crippen LogP contribution is 2.28. The summed E-state index contributed by atoms with van der Waals surface area (Å²) in [6.45, 7) is 0.864. The third kappa shape index (κ3) is 4.57. The van der Waals surface area contributed by atoms with Crippen molar-refractivity contribution in [3.8, 4) is 11.5 Å². The van der Waals surface area contributed by atoms with Crippen molar-refractivity contribution in [1.82, 2.24) is 5.32 Å². The van der Waals surface area contributed by atoms with E-state index in [9.17, 15) is 9.59 Å². The van der Waals surface area contributed by atoms with Crippen LogP contribution in [-0.4, -0.2) is 39.1 Å². The second-order valence-electron chi connectivity index (χ2n) is 6.61. The highest BCUT2D eigenvalue weighted by molar-refractivity contribution is 6.30. The van der Waals surface area contributed by atoms with Gasteiger partial charge in [-0.2, -0.15) is 0 Å². The Kier molecular flexibility index (Phi) is 6.41. The van der Waals surface area contributed by atoms with Crippen LogP contribution in [0.1, 0.15) is 12.0 Å². The number of methoxy groups -OCH3 is 2. The third-order valence-corrected chi connectivity index (χ3v) is 5.05. The van der Waals surface area contributed by atoms with Crippen molar-refractivity contribution in [1.29, 1.82) is 0 Å². The van der Waals surface area contributed by atoms with E-state index in [1.165, 1.54) is 0 Å². The quantitative estimate of drug-likeness (QED) is 0.772. The molecular formula is C21H23ClN2O4. The van der Waals surface area contributed by atoms with Gasteiger partial charge >= 0.3 is 0 Å². The first-order chi connectivity index (χ1) is 13.5. The van der Waals surface area contributed by atoms with Crippen molar-refractivity contribution in [2.75, 3.05) is 32.2 Å². The molecule has 28 heavy (non-hydrogen) atoms. The van der Waals surface area contributed by atoms with E-state index in [2.05, 4.69) is 5.32 Å². The summed E-state index contributed by atoms with van der Waals surface area (Å²) in [5.74, 6) is 0.814. The van der Waals surface area contributed by atoms with Gasteiger partial charge in [-0.15, -0.1) is 0 Å². The molecule has 3 rings (SSSR count). The number of nitrogens with zero attached hydrogens (tertiary/aromatic N) is 1. The van der Waals surface area contributed by atoms with E-state index in [1.54, 1.807) is 43.4 Å². The molecule has 1 N–H and O–H groups in total. The molecular weight excluding hydrogens is 380 g/mol. The number of carbonyl (C=O) groups excluding carboxylic acids is 2. The van der Waals surface area contributed by atoms with Crippen LogP contribution in [-0.2, 0) is 16.0 Å². The molecule has 1 aliphatic heterocycles. The molecule has 0 bridgehead atoms. The van der Waals surface area contributed by atoms with Crippen LogP contribution in [0.2, 0.25) is 5.02 Å². The molecule has 0 spiro atoms. The fourth-order valence-electron chi connectivity index (χ4n) is 3.26. The van der Waals surface area contributed by atoms with E-state index in [1.807, 2.05) is 18.2 Å². The van der Waals surface area contributed by atoms with Gasteiger partial charge in [-0.1, -0.05) is 17.7 Å². The fourth-order valence-corrected chi connectivity index (χ4v) is 3.39. The fraction of sp³-hybridized carbons (Fsp3) is 0.333. The molecule has 0 radical (unpaired) electrons. The van der Waals surface area contributed by atoms with E-state index in [-0.39, 0.29) is 24.2 Å². The molecule has 2 aromatic rings. The molecule has 6 nitrogen and oxygen atoms in total. The van der Waals surface area contributed by atoms with Crippen LogP contribution in [0.15, 0.2) is 42.5 Å². The number of halogens is 1. The Bertz CT molecular complexity index is 854. The Balaban J connectivity index is 1.53. The smallest absolute Gasteiger partial charge is 0.227 e. The van der Waals surface area contributed by atoms with Crippen molar-refractivity contribution in [3.05, 3.63) is 53.1 Å². The summed E-state index contributed by atoms with van der Waals surface area (Å²) in [4.78, 5) is 26.4. The lowest BCUT2D eigenvalue weighted by Crippen LogP contribution is -2.34. The van der Waals surface area contributed by atoms with Crippen LogP contribution in [0.3, 0.4) is 0 Å². The third-order valence-electron chi connectivity index (χ3n) is 4.79. The molecule has 1 heterocycles. The number of rotatable bonds is 7. The highest BCUT2D eigenvalue weighted by atomic mass is 35.5. The first-order valence-corrected chi connectivity index (χ1v) is 9.44. The Morgan fingerprint density at radius 3 is 2.54 bits per heavy atom. The number of carbonyl (C=O) groups is 2. The highest BCUT2D eigenvalue weighted by Gasteiger charge is 2.34. The summed E-state index contributed by atoms with van der Waals surface area (Å²) >= 11 is 5.90. The molecule has 2 aromatic carbocycles. The maximum absolute atomic E-state index is 12.5. The lowest BCUT2D eigenvalue weighted by atomic mass is 10.1. The molecule has 1 fully saturated rings. The first-order valence-electron chi connectivity index (χ1n) is 9.06. The van der Waals surface area contributed by atoms with Crippen molar-refractivity contribution in [2.45, 2.75) is 12.8 Å². The molecule has 2 amide bonds. The van der Waals surface area contributed by atoms with Crippen LogP contribution in [0.5, 0.6) is 11.5 Å². The van der Waals surface area contributed by atoms with Crippen molar-refractivity contribution >= 4 is 29.1 Å². The molecule has 0 aliphatic carbocycles. The van der Waals surface area contributed by atoms with E-state index in [0.29, 0.717) is 36.0 Å². The van der Waals surface area contributed by atoms with E-state index in [4.69, 9.17) is 21.1 Å². The average molecular weight is 403 g/mol. The van der Waals surface area contributed by atoms with Crippen molar-refractivity contribution < 1.29 is 19.1 Å². The summed E-state index contributed by atoms with van der Waals surface area (Å²) in [6.07, 6.45) is 0.873. The molecule has 0 aromatic heterocycles. The average Bonchev–Trinajstić information content (AvgIpc) is 3.10. The van der Waals surface area contributed by atoms with Gasteiger partial charge in [-0.25, -0.2) is 0 Å². The lowest BCUT2D eigenvalue weighted by Gasteiger charge is -2.17. The number of amides is 2. The summed E-state index contributed by atoms with van der Waals surface area (Å²) in [6, 6.07) is 12.7. The number of hydrogen-bond acceptors (Lipinski definition) is 4. The van der Waals surface area contributed by atoms with Crippen LogP contribution in [0.4, 0.5) is 5.69 Å². The Labute approximate surface area is 169 Å². The number of ether oxygens (including phenoxy) is 2. The maximum Gasteiger partial charge on any atom is 0.227 e. The molecule has 1 saturated heterocycles. The molecule has 1 aliphatic rings. The maximum atomic E-state index is 12.5. The van der Waals surface area contributed by atoms with Gasteiger partial charge in [0.1, 0.15) is 0 Å². The monoisotopic (exact) mass is 402 g/mol. The zero-order valence-electron chi connectivity index (χ0n) is 15.9. The van der Waals surface area contributed by atoms with Gasteiger partial charge in [0.2, 0.25) is 11.8 Å². The van der Waals surface area contributed by atoms with Crippen molar-refractivity contribution in [3.63, 3.8) is 0 Å². The minimum absolute atomic E-state index is 0.0534. The topological polar surface area (TPSA) is 67.9 Å².